The predicted octanol–water partition coefficient (Wildman–Crippen LogP) is 3.62. The lowest BCUT2D eigenvalue weighted by molar-refractivity contribution is -0.146. The lowest BCUT2D eigenvalue weighted by atomic mass is 9.75. The van der Waals surface area contributed by atoms with Crippen LogP contribution in [0, 0.1) is 17.3 Å². The van der Waals surface area contributed by atoms with E-state index in [0.717, 1.165) is 17.6 Å². The number of aromatic hydroxyl groups is 1. The van der Waals surface area contributed by atoms with Crippen molar-refractivity contribution >= 4 is 5.97 Å². The molecule has 2 unspecified atom stereocenters. The summed E-state index contributed by atoms with van der Waals surface area (Å²) in [6.45, 7) is 5.23. The number of esters is 1. The number of cyclic esters (lactones) is 1. The molecule has 1 N–H and O–H groups in total. The number of benzene rings is 1. The molecule has 1 aromatic rings. The standard InChI is InChI=1S/C20H24O4/c1-13-7-16-12-24-19(22)20(16,9-13)10-15-5-6-18(17(21)8-15)23-11-14-3-2-4-14/h5-6,8,14,16,21H,1-4,7,9-12H2. The van der Waals surface area contributed by atoms with Crippen LogP contribution in [0.1, 0.15) is 37.7 Å². The van der Waals surface area contributed by atoms with Crippen molar-refractivity contribution in [1.29, 1.82) is 0 Å². The first kappa shape index (κ1) is 15.6. The highest BCUT2D eigenvalue weighted by Crippen LogP contribution is 2.52. The van der Waals surface area contributed by atoms with Gasteiger partial charge in [-0.15, -0.1) is 0 Å². The van der Waals surface area contributed by atoms with Gasteiger partial charge in [-0.3, -0.25) is 4.79 Å². The maximum atomic E-state index is 12.3. The monoisotopic (exact) mass is 328 g/mol. The summed E-state index contributed by atoms with van der Waals surface area (Å²) in [5.41, 5.74) is 1.58. The number of fused-ring (bicyclic) bond motifs is 1. The van der Waals surface area contributed by atoms with Crippen molar-refractivity contribution in [3.05, 3.63) is 35.9 Å². The summed E-state index contributed by atoms with van der Waals surface area (Å²) < 4.78 is 11.0. The number of rotatable bonds is 5. The van der Waals surface area contributed by atoms with E-state index in [0.29, 0.717) is 37.7 Å². The smallest absolute Gasteiger partial charge is 0.313 e. The summed E-state index contributed by atoms with van der Waals surface area (Å²) in [6.07, 6.45) is 5.86. The van der Waals surface area contributed by atoms with Gasteiger partial charge in [0, 0.05) is 5.92 Å². The van der Waals surface area contributed by atoms with Gasteiger partial charge in [-0.1, -0.05) is 24.6 Å². The molecule has 0 spiro atoms. The fraction of sp³-hybridized carbons (Fsp3) is 0.550. The molecule has 24 heavy (non-hydrogen) atoms. The highest BCUT2D eigenvalue weighted by atomic mass is 16.5. The average molecular weight is 328 g/mol. The third-order valence-electron chi connectivity index (χ3n) is 5.95. The van der Waals surface area contributed by atoms with Crippen molar-refractivity contribution < 1.29 is 19.4 Å². The Morgan fingerprint density at radius 3 is 2.92 bits per heavy atom. The molecule has 3 aliphatic rings. The molecule has 2 saturated carbocycles. The molecule has 0 bridgehead atoms. The normalized spacial score (nSPS) is 29.2. The molecule has 4 nitrogen and oxygen atoms in total. The van der Waals surface area contributed by atoms with Gasteiger partial charge in [-0.2, -0.15) is 0 Å². The molecule has 1 heterocycles. The van der Waals surface area contributed by atoms with Crippen molar-refractivity contribution in [3.63, 3.8) is 0 Å². The zero-order valence-corrected chi connectivity index (χ0v) is 13.9. The van der Waals surface area contributed by atoms with Crippen molar-refractivity contribution in [2.24, 2.45) is 17.3 Å². The molecule has 1 aromatic carbocycles. The molecule has 128 valence electrons. The second-order valence-electron chi connectivity index (χ2n) is 7.67. The predicted molar refractivity (Wildman–Crippen MR) is 89.9 cm³/mol. The summed E-state index contributed by atoms with van der Waals surface area (Å²) in [4.78, 5) is 12.3. The van der Waals surface area contributed by atoms with Crippen LogP contribution in [-0.2, 0) is 16.0 Å². The minimum absolute atomic E-state index is 0.115. The van der Waals surface area contributed by atoms with Gasteiger partial charge in [0.25, 0.3) is 0 Å². The lowest BCUT2D eigenvalue weighted by Gasteiger charge is -2.26. The third-order valence-corrected chi connectivity index (χ3v) is 5.95. The van der Waals surface area contributed by atoms with Crippen LogP contribution in [0.3, 0.4) is 0 Å². The molecule has 2 aliphatic carbocycles. The summed E-state index contributed by atoms with van der Waals surface area (Å²) in [6, 6.07) is 5.50. The number of ether oxygens (including phenoxy) is 2. The van der Waals surface area contributed by atoms with E-state index in [1.807, 2.05) is 12.1 Å². The maximum Gasteiger partial charge on any atom is 0.313 e. The van der Waals surface area contributed by atoms with Crippen molar-refractivity contribution in [3.8, 4) is 11.5 Å². The van der Waals surface area contributed by atoms with Crippen LogP contribution in [-0.4, -0.2) is 24.3 Å². The van der Waals surface area contributed by atoms with Crippen LogP contribution in [0.25, 0.3) is 0 Å². The van der Waals surface area contributed by atoms with Gasteiger partial charge in [-0.25, -0.2) is 0 Å². The quantitative estimate of drug-likeness (QED) is 0.662. The van der Waals surface area contributed by atoms with Crippen molar-refractivity contribution in [1.82, 2.24) is 0 Å². The summed E-state index contributed by atoms with van der Waals surface area (Å²) >= 11 is 0. The summed E-state index contributed by atoms with van der Waals surface area (Å²) in [5.74, 6) is 1.42. The molecule has 4 heteroatoms. The number of phenols is 1. The van der Waals surface area contributed by atoms with Gasteiger partial charge in [0.1, 0.15) is 0 Å². The Balaban J connectivity index is 1.49. The number of carbonyl (C=O) groups excluding carboxylic acids is 1. The van der Waals surface area contributed by atoms with Crippen LogP contribution in [0.2, 0.25) is 0 Å². The number of carbonyl (C=O) groups is 1. The highest BCUT2D eigenvalue weighted by Gasteiger charge is 2.55. The fourth-order valence-electron chi connectivity index (χ4n) is 4.29. The van der Waals surface area contributed by atoms with Gasteiger partial charge in [0.05, 0.1) is 18.6 Å². The van der Waals surface area contributed by atoms with E-state index in [2.05, 4.69) is 6.58 Å². The number of phenolic OH excluding ortho intramolecular Hbond substituents is 1. The second kappa shape index (κ2) is 5.83. The Morgan fingerprint density at radius 1 is 1.38 bits per heavy atom. The van der Waals surface area contributed by atoms with E-state index in [4.69, 9.17) is 9.47 Å². The average Bonchev–Trinajstić information content (AvgIpc) is 2.95. The number of hydrogen-bond donors (Lipinski definition) is 1. The van der Waals surface area contributed by atoms with E-state index < -0.39 is 5.41 Å². The molecule has 0 aromatic heterocycles. The Bertz CT molecular complexity index is 676. The van der Waals surface area contributed by atoms with Crippen molar-refractivity contribution in [2.75, 3.05) is 13.2 Å². The van der Waals surface area contributed by atoms with Crippen LogP contribution >= 0.6 is 0 Å². The zero-order chi connectivity index (χ0) is 16.7. The molecule has 4 rings (SSSR count). The van der Waals surface area contributed by atoms with Gasteiger partial charge < -0.3 is 14.6 Å². The maximum absolute atomic E-state index is 12.3. The molecule has 1 aliphatic heterocycles. The van der Waals surface area contributed by atoms with Crippen LogP contribution in [0.5, 0.6) is 11.5 Å². The lowest BCUT2D eigenvalue weighted by Crippen LogP contribution is -2.31. The highest BCUT2D eigenvalue weighted by molar-refractivity contribution is 5.81. The minimum atomic E-state index is -0.488. The molecule has 2 atom stereocenters. The second-order valence-corrected chi connectivity index (χ2v) is 7.67. The fourth-order valence-corrected chi connectivity index (χ4v) is 4.29. The Labute approximate surface area is 142 Å². The largest absolute Gasteiger partial charge is 0.504 e. The van der Waals surface area contributed by atoms with Crippen LogP contribution in [0.15, 0.2) is 30.4 Å². The van der Waals surface area contributed by atoms with E-state index in [9.17, 15) is 9.90 Å². The Hall–Kier alpha value is -1.97. The summed E-state index contributed by atoms with van der Waals surface area (Å²) in [7, 11) is 0. The van der Waals surface area contributed by atoms with Gasteiger partial charge >= 0.3 is 5.97 Å². The van der Waals surface area contributed by atoms with Crippen LogP contribution in [0.4, 0.5) is 0 Å². The van der Waals surface area contributed by atoms with Gasteiger partial charge in [0.15, 0.2) is 11.5 Å². The van der Waals surface area contributed by atoms with E-state index in [1.54, 1.807) is 6.07 Å². The first-order chi connectivity index (χ1) is 11.6. The number of allylic oxidation sites excluding steroid dienone is 1. The van der Waals surface area contributed by atoms with E-state index in [1.165, 1.54) is 19.3 Å². The minimum Gasteiger partial charge on any atom is -0.504 e. The van der Waals surface area contributed by atoms with Crippen LogP contribution < -0.4 is 4.74 Å². The molecule has 1 saturated heterocycles. The Kier molecular flexibility index (Phi) is 3.78. The molecular weight excluding hydrogens is 304 g/mol. The SMILES string of the molecule is C=C1CC2COC(=O)C2(Cc2ccc(OCC3CCC3)c(O)c2)C1. The molecule has 3 fully saturated rings. The van der Waals surface area contributed by atoms with Crippen molar-refractivity contribution in [2.45, 2.75) is 38.5 Å². The first-order valence-electron chi connectivity index (χ1n) is 8.85. The number of hydrogen-bond acceptors (Lipinski definition) is 4. The van der Waals surface area contributed by atoms with Gasteiger partial charge in [-0.05, 0) is 55.7 Å². The third kappa shape index (κ3) is 2.58. The van der Waals surface area contributed by atoms with Gasteiger partial charge in [0.2, 0.25) is 0 Å². The van der Waals surface area contributed by atoms with E-state index in [-0.39, 0.29) is 17.6 Å². The first-order valence-corrected chi connectivity index (χ1v) is 8.85. The molecule has 0 radical (unpaired) electrons. The van der Waals surface area contributed by atoms with E-state index >= 15 is 0 Å². The zero-order valence-electron chi connectivity index (χ0n) is 13.9. The summed E-state index contributed by atoms with van der Waals surface area (Å²) in [5, 5.41) is 10.3. The molecule has 0 amide bonds. The Morgan fingerprint density at radius 2 is 2.21 bits per heavy atom. The topological polar surface area (TPSA) is 55.8 Å². The molecular formula is C20H24O4.